The third-order valence-electron chi connectivity index (χ3n) is 7.95. The quantitative estimate of drug-likeness (QED) is 0.202. The molecule has 0 saturated carbocycles. The van der Waals surface area contributed by atoms with E-state index < -0.39 is 6.67 Å². The lowest BCUT2D eigenvalue weighted by Gasteiger charge is -2.34. The maximum Gasteiger partial charge on any atom is 0.265 e. The van der Waals surface area contributed by atoms with Crippen molar-refractivity contribution < 1.29 is 14.0 Å². The van der Waals surface area contributed by atoms with Gasteiger partial charge in [0.15, 0.2) is 0 Å². The second-order valence-corrected chi connectivity index (χ2v) is 11.7. The second-order valence-electron chi connectivity index (χ2n) is 10.7. The summed E-state index contributed by atoms with van der Waals surface area (Å²) < 4.78 is 15.0. The van der Waals surface area contributed by atoms with E-state index in [4.69, 9.17) is 0 Å². The third-order valence-corrected chi connectivity index (χ3v) is 9.13. The van der Waals surface area contributed by atoms with Crippen molar-refractivity contribution in [1.82, 2.24) is 19.8 Å². The zero-order chi connectivity index (χ0) is 29.2. The van der Waals surface area contributed by atoms with Crippen LogP contribution in [-0.2, 0) is 13.2 Å². The summed E-state index contributed by atoms with van der Waals surface area (Å²) in [6.45, 7) is 9.15. The van der Waals surface area contributed by atoms with Crippen LogP contribution in [0.25, 0.3) is 21.1 Å². The zero-order valence-electron chi connectivity index (χ0n) is 23.7. The van der Waals surface area contributed by atoms with Crippen LogP contribution in [0.5, 0.6) is 0 Å². The first-order valence-electron chi connectivity index (χ1n) is 14.1. The van der Waals surface area contributed by atoms with E-state index in [1.807, 2.05) is 37.4 Å². The Morgan fingerprint density at radius 2 is 1.79 bits per heavy atom. The number of thiophene rings is 1. The molecule has 1 saturated heterocycles. The van der Waals surface area contributed by atoms with Crippen LogP contribution in [0.4, 0.5) is 15.8 Å². The number of rotatable bonds is 8. The van der Waals surface area contributed by atoms with Crippen molar-refractivity contribution in [3.8, 4) is 0 Å². The number of pyridine rings is 1. The number of alkyl halides is 1. The molecule has 0 bridgehead atoms. The Morgan fingerprint density at radius 1 is 0.976 bits per heavy atom. The number of H-pyrrole nitrogens is 1. The number of aromatic amines is 1. The highest BCUT2D eigenvalue weighted by Gasteiger charge is 2.18. The molecule has 1 fully saturated rings. The highest BCUT2D eigenvalue weighted by Crippen LogP contribution is 2.32. The van der Waals surface area contributed by atoms with Crippen molar-refractivity contribution in [1.29, 1.82) is 0 Å². The summed E-state index contributed by atoms with van der Waals surface area (Å²) in [4.78, 5) is 39.2. The molecule has 42 heavy (non-hydrogen) atoms. The van der Waals surface area contributed by atoms with E-state index in [-0.39, 0.29) is 11.8 Å². The molecule has 10 heteroatoms. The van der Waals surface area contributed by atoms with Gasteiger partial charge in [0.05, 0.1) is 4.88 Å². The number of likely N-dealkylation sites (N-methyl/N-ethyl adjacent to an activating group) is 1. The van der Waals surface area contributed by atoms with Gasteiger partial charge in [-0.2, -0.15) is 0 Å². The number of amides is 2. The lowest BCUT2D eigenvalue weighted by atomic mass is 10.1. The summed E-state index contributed by atoms with van der Waals surface area (Å²) in [7, 11) is 0. The molecule has 1 aliphatic heterocycles. The highest BCUT2D eigenvalue weighted by atomic mass is 32.1. The number of halogens is 1. The Bertz CT molecular complexity index is 1770. The van der Waals surface area contributed by atoms with Crippen LogP contribution in [0.2, 0.25) is 0 Å². The molecule has 8 nitrogen and oxygen atoms in total. The Balaban J connectivity index is 1.14. The summed E-state index contributed by atoms with van der Waals surface area (Å²) in [5, 5.41) is 7.74. The van der Waals surface area contributed by atoms with Crippen LogP contribution in [0.15, 0.2) is 60.9 Å². The molecule has 3 N–H and O–H groups in total. The number of piperazine rings is 1. The summed E-state index contributed by atoms with van der Waals surface area (Å²) >= 11 is 1.41. The second kappa shape index (κ2) is 12.0. The average molecular weight is 585 g/mol. The molecule has 1 aliphatic rings. The van der Waals surface area contributed by atoms with Crippen molar-refractivity contribution in [2.24, 2.45) is 0 Å². The molecule has 3 aromatic heterocycles. The number of benzene rings is 2. The van der Waals surface area contributed by atoms with E-state index in [0.29, 0.717) is 33.9 Å². The standard InChI is InChI=1S/C32H33FN6O2S/c1-3-38-10-12-39(13-11-38)19-22-6-7-25(14-23(22)17-33)36-31(40)21-5-4-20(2)27(15-21)37-32(41)28-16-24-18-35-30-26(8-9-34-30)29(24)42-28/h4-9,14-16,18H,3,10-13,17,19H2,1-2H3,(H,34,35)(H,36,40)(H,37,41). The SMILES string of the molecule is CCN1CCN(Cc2ccc(NC(=O)c3ccc(C)c(NC(=O)c4cc5cnc6[nH]ccc6c5s4)c3)cc2CF)CC1. The Morgan fingerprint density at radius 3 is 2.57 bits per heavy atom. The van der Waals surface area contributed by atoms with E-state index in [0.717, 1.165) is 65.0 Å². The number of hydrogen-bond acceptors (Lipinski definition) is 6. The number of nitrogens with zero attached hydrogens (tertiary/aromatic N) is 3. The number of aryl methyl sites for hydroxylation is 1. The first kappa shape index (κ1) is 28.0. The lowest BCUT2D eigenvalue weighted by Crippen LogP contribution is -2.45. The van der Waals surface area contributed by atoms with Crippen molar-refractivity contribution in [3.63, 3.8) is 0 Å². The number of carbonyl (C=O) groups excluding carboxylic acids is 2. The lowest BCUT2D eigenvalue weighted by molar-refractivity contribution is 0.101. The molecule has 2 aromatic carbocycles. The average Bonchev–Trinajstić information content (AvgIpc) is 3.66. The smallest absolute Gasteiger partial charge is 0.265 e. The molecule has 0 aliphatic carbocycles. The maximum atomic E-state index is 14.0. The van der Waals surface area contributed by atoms with Gasteiger partial charge >= 0.3 is 0 Å². The van der Waals surface area contributed by atoms with E-state index in [2.05, 4.69) is 37.3 Å². The monoisotopic (exact) mass is 584 g/mol. The number of anilines is 2. The van der Waals surface area contributed by atoms with Crippen molar-refractivity contribution >= 4 is 55.6 Å². The minimum Gasteiger partial charge on any atom is -0.346 e. The van der Waals surface area contributed by atoms with Crippen LogP contribution < -0.4 is 10.6 Å². The summed E-state index contributed by atoms with van der Waals surface area (Å²) in [5.74, 6) is -0.582. The van der Waals surface area contributed by atoms with Gasteiger partial charge in [-0.15, -0.1) is 11.3 Å². The molecule has 0 unspecified atom stereocenters. The highest BCUT2D eigenvalue weighted by molar-refractivity contribution is 7.21. The molecule has 0 atom stereocenters. The molecule has 0 spiro atoms. The van der Waals surface area contributed by atoms with Crippen LogP contribution in [-0.4, -0.2) is 64.3 Å². The fourth-order valence-corrected chi connectivity index (χ4v) is 6.43. The Labute approximate surface area is 247 Å². The molecule has 0 radical (unpaired) electrons. The van der Waals surface area contributed by atoms with Gasteiger partial charge in [0, 0.05) is 77.5 Å². The minimum absolute atomic E-state index is 0.250. The first-order chi connectivity index (χ1) is 20.4. The van der Waals surface area contributed by atoms with E-state index >= 15 is 0 Å². The minimum atomic E-state index is -0.599. The summed E-state index contributed by atoms with van der Waals surface area (Å²) in [6.07, 6.45) is 3.59. The van der Waals surface area contributed by atoms with E-state index in [1.165, 1.54) is 11.3 Å². The van der Waals surface area contributed by atoms with Crippen molar-refractivity contribution in [3.05, 3.63) is 88.1 Å². The molecular weight excluding hydrogens is 551 g/mol. The normalized spacial score (nSPS) is 14.5. The molecule has 6 rings (SSSR count). The van der Waals surface area contributed by atoms with Crippen LogP contribution >= 0.6 is 11.3 Å². The van der Waals surface area contributed by atoms with Crippen LogP contribution in [0, 0.1) is 6.92 Å². The molecular formula is C32H33FN6O2S. The van der Waals surface area contributed by atoms with Crippen molar-refractivity contribution in [2.75, 3.05) is 43.4 Å². The van der Waals surface area contributed by atoms with E-state index in [1.54, 1.807) is 30.5 Å². The van der Waals surface area contributed by atoms with Crippen molar-refractivity contribution in [2.45, 2.75) is 27.1 Å². The van der Waals surface area contributed by atoms with Gasteiger partial charge in [-0.05, 0) is 66.6 Å². The van der Waals surface area contributed by atoms with Gasteiger partial charge < -0.3 is 20.5 Å². The largest absolute Gasteiger partial charge is 0.346 e. The number of aromatic nitrogens is 2. The van der Waals surface area contributed by atoms with Gasteiger partial charge in [-0.3, -0.25) is 14.5 Å². The maximum absolute atomic E-state index is 14.0. The molecule has 216 valence electrons. The molecule has 4 heterocycles. The van der Waals surface area contributed by atoms with Gasteiger partial charge in [0.25, 0.3) is 11.8 Å². The first-order valence-corrected chi connectivity index (χ1v) is 14.9. The zero-order valence-corrected chi connectivity index (χ0v) is 24.5. The predicted molar refractivity (Wildman–Crippen MR) is 167 cm³/mol. The van der Waals surface area contributed by atoms with Crippen LogP contribution in [0.1, 0.15) is 43.6 Å². The number of nitrogens with one attached hydrogen (secondary N) is 3. The number of carbonyl (C=O) groups is 2. The summed E-state index contributed by atoms with van der Waals surface area (Å²) in [5.41, 5.74) is 4.62. The van der Waals surface area contributed by atoms with Gasteiger partial charge in [0.2, 0.25) is 0 Å². The molecule has 2 amide bonds. The predicted octanol–water partition coefficient (Wildman–Crippen LogP) is 6.20. The van der Waals surface area contributed by atoms with Crippen LogP contribution in [0.3, 0.4) is 0 Å². The van der Waals surface area contributed by atoms with E-state index in [9.17, 15) is 14.0 Å². The van der Waals surface area contributed by atoms with Gasteiger partial charge in [-0.25, -0.2) is 9.37 Å². The fourth-order valence-electron chi connectivity index (χ4n) is 5.38. The summed E-state index contributed by atoms with van der Waals surface area (Å²) in [6, 6.07) is 14.4. The fraction of sp³-hybridized carbons (Fsp3) is 0.281. The Kier molecular flexibility index (Phi) is 8.01. The number of fused-ring (bicyclic) bond motifs is 3. The molecule has 5 aromatic rings. The van der Waals surface area contributed by atoms with Gasteiger partial charge in [-0.1, -0.05) is 19.1 Å². The topological polar surface area (TPSA) is 93.4 Å². The Hall–Kier alpha value is -4.12. The number of hydrogen-bond donors (Lipinski definition) is 3. The van der Waals surface area contributed by atoms with Gasteiger partial charge in [0.1, 0.15) is 12.3 Å². The third kappa shape index (κ3) is 5.78.